The molecule has 0 aliphatic carbocycles. The largest absolute Gasteiger partial charge is 0.476 e. The number of nitrogens with zero attached hydrogens (tertiary/aromatic N) is 3. The van der Waals surface area contributed by atoms with Crippen LogP contribution in [0.5, 0.6) is 5.88 Å². The Bertz CT molecular complexity index is 464. The van der Waals surface area contributed by atoms with Gasteiger partial charge in [0.2, 0.25) is 5.88 Å². The fourth-order valence-corrected chi connectivity index (χ4v) is 1.46. The zero-order valence-electron chi connectivity index (χ0n) is 9.21. The van der Waals surface area contributed by atoms with Crippen LogP contribution in [0.1, 0.15) is 11.4 Å². The third-order valence-electron chi connectivity index (χ3n) is 2.13. The zero-order chi connectivity index (χ0) is 11.9. The van der Waals surface area contributed by atoms with E-state index in [-0.39, 0.29) is 0 Å². The molecule has 0 atom stereocenters. The van der Waals surface area contributed by atoms with Crippen LogP contribution in [0.3, 0.4) is 0 Å². The van der Waals surface area contributed by atoms with Gasteiger partial charge in [-0.05, 0) is 12.1 Å². The standard InChI is InChI=1S/C12H12ClN3O/c13-7-11-8-14-9-12(16-11)17-6-4-10-3-1-2-5-15-10/h1-3,5,8-9H,4,6-7H2. The van der Waals surface area contributed by atoms with Crippen LogP contribution in [-0.4, -0.2) is 21.6 Å². The highest BCUT2D eigenvalue weighted by Crippen LogP contribution is 2.07. The monoisotopic (exact) mass is 249 g/mol. The van der Waals surface area contributed by atoms with Gasteiger partial charge in [0.05, 0.1) is 24.4 Å². The summed E-state index contributed by atoms with van der Waals surface area (Å²) < 4.78 is 5.48. The number of hydrogen-bond acceptors (Lipinski definition) is 4. The van der Waals surface area contributed by atoms with Gasteiger partial charge >= 0.3 is 0 Å². The van der Waals surface area contributed by atoms with Gasteiger partial charge in [-0.15, -0.1) is 11.6 Å². The van der Waals surface area contributed by atoms with E-state index in [9.17, 15) is 0 Å². The smallest absolute Gasteiger partial charge is 0.232 e. The molecular formula is C12H12ClN3O. The molecule has 0 fully saturated rings. The van der Waals surface area contributed by atoms with Crippen LogP contribution in [0.4, 0.5) is 0 Å². The van der Waals surface area contributed by atoms with Crippen molar-refractivity contribution in [1.82, 2.24) is 15.0 Å². The van der Waals surface area contributed by atoms with Gasteiger partial charge in [0.1, 0.15) is 0 Å². The molecule has 0 saturated carbocycles. The van der Waals surface area contributed by atoms with E-state index in [1.807, 2.05) is 18.2 Å². The fraction of sp³-hybridized carbons (Fsp3) is 0.250. The first-order chi connectivity index (χ1) is 8.38. The van der Waals surface area contributed by atoms with E-state index in [0.29, 0.717) is 24.1 Å². The molecule has 0 unspecified atom stereocenters. The Labute approximate surface area is 105 Å². The minimum absolute atomic E-state index is 0.338. The molecule has 4 nitrogen and oxygen atoms in total. The first-order valence-electron chi connectivity index (χ1n) is 5.28. The molecule has 0 amide bonds. The molecule has 0 radical (unpaired) electrons. The van der Waals surface area contributed by atoms with E-state index in [1.165, 1.54) is 0 Å². The average molecular weight is 250 g/mol. The van der Waals surface area contributed by atoms with Crippen molar-refractivity contribution in [3.05, 3.63) is 48.2 Å². The van der Waals surface area contributed by atoms with Crippen LogP contribution >= 0.6 is 11.6 Å². The molecule has 2 aromatic heterocycles. The van der Waals surface area contributed by atoms with Crippen molar-refractivity contribution in [2.45, 2.75) is 12.3 Å². The summed E-state index contributed by atoms with van der Waals surface area (Å²) in [6, 6.07) is 5.81. The van der Waals surface area contributed by atoms with Crippen molar-refractivity contribution >= 4 is 11.6 Å². The third-order valence-corrected chi connectivity index (χ3v) is 2.41. The second kappa shape index (κ2) is 6.15. The van der Waals surface area contributed by atoms with Gasteiger partial charge in [-0.25, -0.2) is 4.98 Å². The Morgan fingerprint density at radius 2 is 2.12 bits per heavy atom. The highest BCUT2D eigenvalue weighted by Gasteiger charge is 1.99. The van der Waals surface area contributed by atoms with Gasteiger partial charge in [-0.3, -0.25) is 9.97 Å². The predicted molar refractivity (Wildman–Crippen MR) is 65.0 cm³/mol. The fourth-order valence-electron chi connectivity index (χ4n) is 1.33. The number of halogens is 1. The summed E-state index contributed by atoms with van der Waals surface area (Å²) in [6.45, 7) is 0.525. The van der Waals surface area contributed by atoms with E-state index < -0.39 is 0 Å². The summed E-state index contributed by atoms with van der Waals surface area (Å²) >= 11 is 5.66. The Morgan fingerprint density at radius 3 is 2.88 bits per heavy atom. The lowest BCUT2D eigenvalue weighted by molar-refractivity contribution is 0.306. The van der Waals surface area contributed by atoms with E-state index in [2.05, 4.69) is 15.0 Å². The highest BCUT2D eigenvalue weighted by molar-refractivity contribution is 6.16. The summed E-state index contributed by atoms with van der Waals surface area (Å²) in [5.41, 5.74) is 1.70. The number of rotatable bonds is 5. The van der Waals surface area contributed by atoms with Crippen LogP contribution in [0.15, 0.2) is 36.8 Å². The molecule has 5 heteroatoms. The van der Waals surface area contributed by atoms with E-state index in [0.717, 1.165) is 12.1 Å². The molecule has 0 spiro atoms. The first kappa shape index (κ1) is 11.8. The molecular weight excluding hydrogens is 238 g/mol. The molecule has 0 saturated heterocycles. The van der Waals surface area contributed by atoms with Gasteiger partial charge in [-0.2, -0.15) is 0 Å². The lowest BCUT2D eigenvalue weighted by atomic mass is 10.3. The lowest BCUT2D eigenvalue weighted by Crippen LogP contribution is -2.04. The van der Waals surface area contributed by atoms with Crippen molar-refractivity contribution in [3.63, 3.8) is 0 Å². The van der Waals surface area contributed by atoms with Gasteiger partial charge < -0.3 is 4.74 Å². The molecule has 2 aromatic rings. The normalized spacial score (nSPS) is 10.2. The molecule has 88 valence electrons. The summed E-state index contributed by atoms with van der Waals surface area (Å²) in [6.07, 6.45) is 5.71. The Balaban J connectivity index is 1.86. The molecule has 0 bridgehead atoms. The van der Waals surface area contributed by atoms with Crippen LogP contribution in [0.25, 0.3) is 0 Å². The lowest BCUT2D eigenvalue weighted by Gasteiger charge is -2.05. The topological polar surface area (TPSA) is 47.9 Å². The van der Waals surface area contributed by atoms with Crippen LogP contribution in [0.2, 0.25) is 0 Å². The van der Waals surface area contributed by atoms with Crippen LogP contribution in [-0.2, 0) is 12.3 Å². The summed E-state index contributed by atoms with van der Waals surface area (Å²) in [5.74, 6) is 0.837. The predicted octanol–water partition coefficient (Wildman–Crippen LogP) is 2.23. The number of pyridine rings is 1. The molecule has 2 heterocycles. The van der Waals surface area contributed by atoms with E-state index in [1.54, 1.807) is 18.6 Å². The summed E-state index contributed by atoms with van der Waals surface area (Å²) in [7, 11) is 0. The molecule has 0 N–H and O–H groups in total. The Hall–Kier alpha value is -1.68. The maximum atomic E-state index is 5.66. The first-order valence-corrected chi connectivity index (χ1v) is 5.81. The second-order valence-electron chi connectivity index (χ2n) is 3.40. The third kappa shape index (κ3) is 3.67. The van der Waals surface area contributed by atoms with Gasteiger partial charge in [-0.1, -0.05) is 6.07 Å². The van der Waals surface area contributed by atoms with Crippen LogP contribution in [0, 0.1) is 0 Å². The van der Waals surface area contributed by atoms with E-state index in [4.69, 9.17) is 16.3 Å². The van der Waals surface area contributed by atoms with Gasteiger partial charge in [0.15, 0.2) is 0 Å². The molecule has 0 aliphatic rings. The van der Waals surface area contributed by atoms with Gasteiger partial charge in [0.25, 0.3) is 0 Å². The number of aromatic nitrogens is 3. The number of hydrogen-bond donors (Lipinski definition) is 0. The average Bonchev–Trinajstić information content (AvgIpc) is 2.40. The maximum absolute atomic E-state index is 5.66. The Kier molecular flexibility index (Phi) is 4.27. The Morgan fingerprint density at radius 1 is 1.18 bits per heavy atom. The van der Waals surface area contributed by atoms with Crippen molar-refractivity contribution in [2.75, 3.05) is 6.61 Å². The quantitative estimate of drug-likeness (QED) is 0.763. The molecule has 17 heavy (non-hydrogen) atoms. The van der Waals surface area contributed by atoms with Crippen LogP contribution < -0.4 is 4.74 Å². The molecule has 0 aromatic carbocycles. The van der Waals surface area contributed by atoms with Crippen molar-refractivity contribution in [1.29, 1.82) is 0 Å². The summed E-state index contributed by atoms with van der Waals surface area (Å²) in [4.78, 5) is 12.4. The van der Waals surface area contributed by atoms with E-state index >= 15 is 0 Å². The highest BCUT2D eigenvalue weighted by atomic mass is 35.5. The second-order valence-corrected chi connectivity index (χ2v) is 3.67. The molecule has 2 rings (SSSR count). The maximum Gasteiger partial charge on any atom is 0.232 e. The van der Waals surface area contributed by atoms with Crippen molar-refractivity contribution in [3.8, 4) is 5.88 Å². The van der Waals surface area contributed by atoms with Crippen molar-refractivity contribution < 1.29 is 4.74 Å². The SMILES string of the molecule is ClCc1cncc(OCCc2ccccn2)n1. The minimum atomic E-state index is 0.338. The zero-order valence-corrected chi connectivity index (χ0v) is 9.97. The van der Waals surface area contributed by atoms with Gasteiger partial charge in [0, 0.05) is 24.5 Å². The molecule has 0 aliphatic heterocycles. The van der Waals surface area contributed by atoms with Crippen molar-refractivity contribution in [2.24, 2.45) is 0 Å². The summed E-state index contributed by atoms with van der Waals surface area (Å²) in [5, 5.41) is 0. The number of alkyl halides is 1. The number of ether oxygens (including phenoxy) is 1. The minimum Gasteiger partial charge on any atom is -0.476 e.